The van der Waals surface area contributed by atoms with E-state index in [1.165, 1.54) is 37.5 Å². The maximum atomic E-state index is 12.5. The number of carbonyl (C=O) groups excluding carboxylic acids is 2. The number of halogens is 2. The van der Waals surface area contributed by atoms with Gasteiger partial charge in [-0.05, 0) is 88.6 Å². The minimum atomic E-state index is -0.619. The molecular formula is C26H21BrClN3O5. The second-order valence-corrected chi connectivity index (χ2v) is 8.77. The molecule has 0 fully saturated rings. The molecule has 36 heavy (non-hydrogen) atoms. The van der Waals surface area contributed by atoms with Gasteiger partial charge in [0.15, 0.2) is 18.1 Å². The van der Waals surface area contributed by atoms with Gasteiger partial charge in [-0.2, -0.15) is 5.26 Å². The molecule has 184 valence electrons. The molecule has 0 atom stereocenters. The number of rotatable bonds is 8. The van der Waals surface area contributed by atoms with Crippen LogP contribution in [0.25, 0.3) is 6.08 Å². The molecular weight excluding hydrogens is 550 g/mol. The van der Waals surface area contributed by atoms with Gasteiger partial charge in [0.1, 0.15) is 17.4 Å². The second-order valence-electron chi connectivity index (χ2n) is 7.51. The SMILES string of the molecule is COc1cc(/C=C(\C#N)C(=O)Nc2ccc(O)cc2)cc(Br)c1OCC(=O)Nc1ccc(C)c(Cl)c1. The van der Waals surface area contributed by atoms with E-state index in [1.807, 2.05) is 13.0 Å². The van der Waals surface area contributed by atoms with Gasteiger partial charge < -0.3 is 25.2 Å². The molecule has 10 heteroatoms. The summed E-state index contributed by atoms with van der Waals surface area (Å²) in [4.78, 5) is 24.9. The van der Waals surface area contributed by atoms with Crippen molar-refractivity contribution in [1.82, 2.24) is 0 Å². The van der Waals surface area contributed by atoms with Crippen molar-refractivity contribution in [3.05, 3.63) is 80.8 Å². The molecule has 3 rings (SSSR count). The third-order valence-electron chi connectivity index (χ3n) is 4.86. The van der Waals surface area contributed by atoms with Crippen molar-refractivity contribution >= 4 is 56.8 Å². The average molecular weight is 571 g/mol. The molecule has 0 spiro atoms. The van der Waals surface area contributed by atoms with Crippen LogP contribution < -0.4 is 20.1 Å². The van der Waals surface area contributed by atoms with Crippen LogP contribution in [0.4, 0.5) is 11.4 Å². The molecule has 0 aliphatic heterocycles. The zero-order chi connectivity index (χ0) is 26.2. The number of hydrogen-bond acceptors (Lipinski definition) is 6. The Labute approximate surface area is 221 Å². The average Bonchev–Trinajstić information content (AvgIpc) is 2.85. The van der Waals surface area contributed by atoms with Crippen LogP contribution in [-0.4, -0.2) is 30.6 Å². The van der Waals surface area contributed by atoms with E-state index in [1.54, 1.807) is 30.3 Å². The van der Waals surface area contributed by atoms with E-state index < -0.39 is 11.8 Å². The number of methoxy groups -OCH3 is 1. The first-order valence-corrected chi connectivity index (χ1v) is 11.7. The minimum absolute atomic E-state index is 0.0559. The lowest BCUT2D eigenvalue weighted by Gasteiger charge is -2.14. The summed E-state index contributed by atoms with van der Waals surface area (Å²) in [6.07, 6.45) is 1.39. The van der Waals surface area contributed by atoms with Crippen molar-refractivity contribution in [3.8, 4) is 23.3 Å². The number of aromatic hydroxyl groups is 1. The molecule has 8 nitrogen and oxygen atoms in total. The van der Waals surface area contributed by atoms with Gasteiger partial charge in [0.2, 0.25) is 0 Å². The lowest BCUT2D eigenvalue weighted by atomic mass is 10.1. The third kappa shape index (κ3) is 7.01. The highest BCUT2D eigenvalue weighted by Gasteiger charge is 2.16. The normalized spacial score (nSPS) is 10.8. The molecule has 0 radical (unpaired) electrons. The number of phenolic OH excluding ortho intramolecular Hbond substituents is 1. The molecule has 2 amide bonds. The molecule has 0 aromatic heterocycles. The summed E-state index contributed by atoms with van der Waals surface area (Å²) in [7, 11) is 1.43. The fraction of sp³-hybridized carbons (Fsp3) is 0.115. The molecule has 0 saturated heterocycles. The zero-order valence-electron chi connectivity index (χ0n) is 19.3. The molecule has 0 bridgehead atoms. The number of nitrogens with one attached hydrogen (secondary N) is 2. The predicted molar refractivity (Wildman–Crippen MR) is 141 cm³/mol. The summed E-state index contributed by atoms with van der Waals surface area (Å²) < 4.78 is 11.5. The van der Waals surface area contributed by atoms with Crippen molar-refractivity contribution in [3.63, 3.8) is 0 Å². The first kappa shape index (κ1) is 26.6. The van der Waals surface area contributed by atoms with E-state index in [-0.39, 0.29) is 29.4 Å². The topological polar surface area (TPSA) is 121 Å². The molecule has 0 unspecified atom stereocenters. The predicted octanol–water partition coefficient (Wildman–Crippen LogP) is 5.69. The van der Waals surface area contributed by atoms with Gasteiger partial charge in [-0.3, -0.25) is 9.59 Å². The first-order valence-electron chi connectivity index (χ1n) is 10.5. The molecule has 3 aromatic rings. The summed E-state index contributed by atoms with van der Waals surface area (Å²) >= 11 is 9.49. The van der Waals surface area contributed by atoms with Crippen molar-refractivity contribution in [2.24, 2.45) is 0 Å². The van der Waals surface area contributed by atoms with Crippen molar-refractivity contribution in [2.45, 2.75) is 6.92 Å². The fourth-order valence-electron chi connectivity index (χ4n) is 3.03. The summed E-state index contributed by atoms with van der Waals surface area (Å²) in [5, 5.41) is 24.7. The van der Waals surface area contributed by atoms with Crippen LogP contribution in [0.1, 0.15) is 11.1 Å². The van der Waals surface area contributed by atoms with Gasteiger partial charge >= 0.3 is 0 Å². The zero-order valence-corrected chi connectivity index (χ0v) is 21.6. The highest BCUT2D eigenvalue weighted by Crippen LogP contribution is 2.37. The number of benzene rings is 3. The smallest absolute Gasteiger partial charge is 0.266 e. The molecule has 0 aliphatic carbocycles. The van der Waals surface area contributed by atoms with Gasteiger partial charge in [-0.25, -0.2) is 0 Å². The Bertz CT molecular complexity index is 1370. The number of hydrogen-bond donors (Lipinski definition) is 3. The van der Waals surface area contributed by atoms with E-state index in [9.17, 15) is 20.0 Å². The second kappa shape index (κ2) is 12.1. The molecule has 0 aliphatic rings. The molecule has 0 saturated carbocycles. The Hall–Kier alpha value is -4.00. The monoisotopic (exact) mass is 569 g/mol. The van der Waals surface area contributed by atoms with E-state index in [2.05, 4.69) is 26.6 Å². The number of ether oxygens (including phenoxy) is 2. The van der Waals surface area contributed by atoms with E-state index >= 15 is 0 Å². The summed E-state index contributed by atoms with van der Waals surface area (Å²) in [5.41, 5.74) is 2.20. The highest BCUT2D eigenvalue weighted by atomic mass is 79.9. The van der Waals surface area contributed by atoms with Gasteiger partial charge in [-0.15, -0.1) is 0 Å². The van der Waals surface area contributed by atoms with E-state index in [4.69, 9.17) is 21.1 Å². The third-order valence-corrected chi connectivity index (χ3v) is 5.85. The van der Waals surface area contributed by atoms with E-state index in [0.29, 0.717) is 26.4 Å². The number of nitrogens with zero attached hydrogens (tertiary/aromatic N) is 1. The highest BCUT2D eigenvalue weighted by molar-refractivity contribution is 9.10. The largest absolute Gasteiger partial charge is 0.508 e. The Kier molecular flexibility index (Phi) is 8.95. The number of aryl methyl sites for hydroxylation is 1. The quantitative estimate of drug-likeness (QED) is 0.182. The van der Waals surface area contributed by atoms with Crippen molar-refractivity contribution in [2.75, 3.05) is 24.4 Å². The Morgan fingerprint density at radius 1 is 1.11 bits per heavy atom. The lowest BCUT2D eigenvalue weighted by molar-refractivity contribution is -0.118. The Morgan fingerprint density at radius 3 is 2.44 bits per heavy atom. The summed E-state index contributed by atoms with van der Waals surface area (Å²) in [6, 6.07) is 16.1. The van der Waals surface area contributed by atoms with Crippen LogP contribution in [-0.2, 0) is 9.59 Å². The minimum Gasteiger partial charge on any atom is -0.508 e. The number of anilines is 2. The Balaban J connectivity index is 1.73. The van der Waals surface area contributed by atoms with Gasteiger partial charge in [0.25, 0.3) is 11.8 Å². The number of nitriles is 1. The first-order chi connectivity index (χ1) is 17.2. The number of amides is 2. The van der Waals surface area contributed by atoms with Crippen LogP contribution in [0.2, 0.25) is 5.02 Å². The summed E-state index contributed by atoms with van der Waals surface area (Å²) in [6.45, 7) is 1.57. The standard InChI is InChI=1S/C26H21BrClN3O5/c1-15-3-4-19(12-22(15)28)30-24(33)14-36-25-21(27)10-16(11-23(25)35-2)9-17(13-29)26(34)31-18-5-7-20(32)8-6-18/h3-12,32H,14H2,1-2H3,(H,30,33)(H,31,34)/b17-9+. The van der Waals surface area contributed by atoms with Crippen LogP contribution in [0, 0.1) is 18.3 Å². The van der Waals surface area contributed by atoms with Crippen LogP contribution in [0.3, 0.4) is 0 Å². The number of carbonyl (C=O) groups is 2. The maximum Gasteiger partial charge on any atom is 0.266 e. The van der Waals surface area contributed by atoms with E-state index in [0.717, 1.165) is 5.56 Å². The van der Waals surface area contributed by atoms with Crippen molar-refractivity contribution < 1.29 is 24.2 Å². The lowest BCUT2D eigenvalue weighted by Crippen LogP contribution is -2.20. The Morgan fingerprint density at radius 2 is 1.81 bits per heavy atom. The molecule has 3 N–H and O–H groups in total. The van der Waals surface area contributed by atoms with Gasteiger partial charge in [-0.1, -0.05) is 17.7 Å². The summed E-state index contributed by atoms with van der Waals surface area (Å²) in [5.74, 6) is -0.394. The van der Waals surface area contributed by atoms with Crippen molar-refractivity contribution in [1.29, 1.82) is 5.26 Å². The molecule has 3 aromatic carbocycles. The number of phenols is 1. The van der Waals surface area contributed by atoms with Gasteiger partial charge in [0.05, 0.1) is 11.6 Å². The van der Waals surface area contributed by atoms with Crippen LogP contribution in [0.5, 0.6) is 17.2 Å². The van der Waals surface area contributed by atoms with Gasteiger partial charge in [0, 0.05) is 16.4 Å². The van der Waals surface area contributed by atoms with Crippen LogP contribution >= 0.6 is 27.5 Å². The molecule has 0 heterocycles. The fourth-order valence-corrected chi connectivity index (χ4v) is 3.78. The van der Waals surface area contributed by atoms with Crippen LogP contribution in [0.15, 0.2) is 64.6 Å². The maximum absolute atomic E-state index is 12.5.